The minimum Gasteiger partial charge on any atom is -0.358 e. The second-order valence-electron chi connectivity index (χ2n) is 5.62. The first-order chi connectivity index (χ1) is 9.65. The van der Waals surface area contributed by atoms with E-state index in [-0.39, 0.29) is 5.78 Å². The van der Waals surface area contributed by atoms with Crippen molar-refractivity contribution in [3.8, 4) is 0 Å². The number of piperazine rings is 1. The van der Waals surface area contributed by atoms with Gasteiger partial charge in [-0.25, -0.2) is 0 Å². The average molecular weight is 271 g/mol. The number of ketones is 1. The summed E-state index contributed by atoms with van der Waals surface area (Å²) in [5.74, 6) is 0.223. The van der Waals surface area contributed by atoms with Gasteiger partial charge < -0.3 is 10.3 Å². The first kappa shape index (κ1) is 13.3. The van der Waals surface area contributed by atoms with Crippen molar-refractivity contribution in [3.63, 3.8) is 0 Å². The molecule has 2 N–H and O–H groups in total. The predicted octanol–water partition coefficient (Wildman–Crippen LogP) is 1.87. The molecule has 1 aliphatic rings. The molecule has 106 valence electrons. The van der Waals surface area contributed by atoms with E-state index in [4.69, 9.17) is 0 Å². The third kappa shape index (κ3) is 2.49. The predicted molar refractivity (Wildman–Crippen MR) is 81.4 cm³/mol. The van der Waals surface area contributed by atoms with Crippen LogP contribution < -0.4 is 5.32 Å². The lowest BCUT2D eigenvalue weighted by Crippen LogP contribution is -2.45. The van der Waals surface area contributed by atoms with E-state index >= 15 is 0 Å². The zero-order valence-corrected chi connectivity index (χ0v) is 12.1. The summed E-state index contributed by atoms with van der Waals surface area (Å²) in [4.78, 5) is 18.2. The lowest BCUT2D eigenvalue weighted by Gasteiger charge is -2.26. The number of Topliss-reactive ketones (excluding diaryl/α,β-unsaturated/α-hetero) is 1. The second kappa shape index (κ2) is 5.38. The number of carbonyl (C=O) groups is 1. The summed E-state index contributed by atoms with van der Waals surface area (Å²) in [6.07, 6.45) is 0. The maximum atomic E-state index is 12.6. The van der Waals surface area contributed by atoms with Gasteiger partial charge in [0.05, 0.1) is 6.54 Å². The molecule has 0 spiro atoms. The standard InChI is InChI=1S/C16H21N3O/c1-11-3-4-14-13(9-11)16(12(2)18-14)15(20)10-19-7-5-17-6-8-19/h3-4,9,17-18H,5-8,10H2,1-2H3. The number of hydrogen-bond acceptors (Lipinski definition) is 3. The van der Waals surface area contributed by atoms with Crippen LogP contribution in [0.4, 0.5) is 0 Å². The number of hydrogen-bond donors (Lipinski definition) is 2. The number of benzene rings is 1. The van der Waals surface area contributed by atoms with E-state index in [1.54, 1.807) is 0 Å². The van der Waals surface area contributed by atoms with E-state index in [1.165, 1.54) is 5.56 Å². The molecule has 1 fully saturated rings. The molecular formula is C16H21N3O. The molecule has 3 rings (SSSR count). The second-order valence-corrected chi connectivity index (χ2v) is 5.62. The zero-order valence-electron chi connectivity index (χ0n) is 12.1. The fourth-order valence-electron chi connectivity index (χ4n) is 2.95. The Hall–Kier alpha value is -1.65. The number of nitrogens with one attached hydrogen (secondary N) is 2. The monoisotopic (exact) mass is 271 g/mol. The third-order valence-corrected chi connectivity index (χ3v) is 4.00. The average Bonchev–Trinajstić information content (AvgIpc) is 2.75. The molecule has 0 radical (unpaired) electrons. The van der Waals surface area contributed by atoms with Gasteiger partial charge in [-0.1, -0.05) is 11.6 Å². The van der Waals surface area contributed by atoms with Gasteiger partial charge in [-0.3, -0.25) is 9.69 Å². The summed E-state index contributed by atoms with van der Waals surface area (Å²) in [5, 5.41) is 4.37. The van der Waals surface area contributed by atoms with Crippen molar-refractivity contribution in [2.75, 3.05) is 32.7 Å². The van der Waals surface area contributed by atoms with Gasteiger partial charge in [-0.05, 0) is 26.0 Å². The SMILES string of the molecule is Cc1ccc2[nH]c(C)c(C(=O)CN3CCNCC3)c2c1. The lowest BCUT2D eigenvalue weighted by molar-refractivity contribution is 0.0922. The largest absolute Gasteiger partial charge is 0.358 e. The van der Waals surface area contributed by atoms with Crippen LogP contribution in [0.15, 0.2) is 18.2 Å². The van der Waals surface area contributed by atoms with E-state index < -0.39 is 0 Å². The molecule has 4 nitrogen and oxygen atoms in total. The third-order valence-electron chi connectivity index (χ3n) is 4.00. The molecular weight excluding hydrogens is 250 g/mol. The first-order valence-corrected chi connectivity index (χ1v) is 7.20. The fourth-order valence-corrected chi connectivity index (χ4v) is 2.95. The van der Waals surface area contributed by atoms with Crippen molar-refractivity contribution < 1.29 is 4.79 Å². The number of aryl methyl sites for hydroxylation is 2. The van der Waals surface area contributed by atoms with E-state index in [1.807, 2.05) is 6.92 Å². The number of H-pyrrole nitrogens is 1. The van der Waals surface area contributed by atoms with E-state index in [0.29, 0.717) is 6.54 Å². The van der Waals surface area contributed by atoms with Gasteiger partial charge in [0.25, 0.3) is 0 Å². The van der Waals surface area contributed by atoms with Crippen molar-refractivity contribution in [3.05, 3.63) is 35.0 Å². The van der Waals surface area contributed by atoms with E-state index in [9.17, 15) is 4.79 Å². The van der Waals surface area contributed by atoms with Crippen LogP contribution in [0.5, 0.6) is 0 Å². The molecule has 0 bridgehead atoms. The molecule has 20 heavy (non-hydrogen) atoms. The Morgan fingerprint density at radius 3 is 2.75 bits per heavy atom. The van der Waals surface area contributed by atoms with Crippen LogP contribution in [0.1, 0.15) is 21.6 Å². The van der Waals surface area contributed by atoms with Crippen molar-refractivity contribution >= 4 is 16.7 Å². The maximum absolute atomic E-state index is 12.6. The lowest BCUT2D eigenvalue weighted by atomic mass is 10.0. The van der Waals surface area contributed by atoms with Crippen LogP contribution in [0.3, 0.4) is 0 Å². The highest BCUT2D eigenvalue weighted by Crippen LogP contribution is 2.24. The van der Waals surface area contributed by atoms with Crippen LogP contribution >= 0.6 is 0 Å². The van der Waals surface area contributed by atoms with Gasteiger partial charge in [-0.15, -0.1) is 0 Å². The Morgan fingerprint density at radius 1 is 1.25 bits per heavy atom. The van der Waals surface area contributed by atoms with Crippen molar-refractivity contribution in [1.82, 2.24) is 15.2 Å². The number of aromatic nitrogens is 1. The van der Waals surface area contributed by atoms with Gasteiger partial charge in [0, 0.05) is 48.3 Å². The molecule has 4 heteroatoms. The molecule has 0 amide bonds. The van der Waals surface area contributed by atoms with Gasteiger partial charge in [0.2, 0.25) is 0 Å². The minimum absolute atomic E-state index is 0.223. The summed E-state index contributed by atoms with van der Waals surface area (Å²) in [6, 6.07) is 6.23. The van der Waals surface area contributed by atoms with E-state index in [2.05, 4.69) is 40.3 Å². The Balaban J connectivity index is 1.90. The molecule has 0 atom stereocenters. The summed E-state index contributed by atoms with van der Waals surface area (Å²) in [6.45, 7) is 8.41. The number of carbonyl (C=O) groups excluding carboxylic acids is 1. The zero-order chi connectivity index (χ0) is 14.1. The first-order valence-electron chi connectivity index (χ1n) is 7.20. The quantitative estimate of drug-likeness (QED) is 0.838. The number of nitrogens with zero attached hydrogens (tertiary/aromatic N) is 1. The summed E-state index contributed by atoms with van der Waals surface area (Å²) < 4.78 is 0. The van der Waals surface area contributed by atoms with Crippen molar-refractivity contribution in [1.29, 1.82) is 0 Å². The highest BCUT2D eigenvalue weighted by Gasteiger charge is 2.19. The summed E-state index contributed by atoms with van der Waals surface area (Å²) in [7, 11) is 0. The van der Waals surface area contributed by atoms with Crippen LogP contribution in [-0.4, -0.2) is 48.4 Å². The van der Waals surface area contributed by atoms with Crippen LogP contribution in [-0.2, 0) is 0 Å². The topological polar surface area (TPSA) is 48.1 Å². The van der Waals surface area contributed by atoms with Crippen molar-refractivity contribution in [2.24, 2.45) is 0 Å². The molecule has 2 aromatic rings. The Kier molecular flexibility index (Phi) is 3.59. The van der Waals surface area contributed by atoms with Crippen molar-refractivity contribution in [2.45, 2.75) is 13.8 Å². The molecule has 1 saturated heterocycles. The van der Waals surface area contributed by atoms with Gasteiger partial charge in [0.1, 0.15) is 0 Å². The van der Waals surface area contributed by atoms with Gasteiger partial charge in [-0.2, -0.15) is 0 Å². The molecule has 2 heterocycles. The molecule has 0 aliphatic carbocycles. The van der Waals surface area contributed by atoms with Gasteiger partial charge >= 0.3 is 0 Å². The van der Waals surface area contributed by atoms with E-state index in [0.717, 1.165) is 48.3 Å². The minimum atomic E-state index is 0.223. The molecule has 0 saturated carbocycles. The molecule has 1 aromatic heterocycles. The van der Waals surface area contributed by atoms with Crippen LogP contribution in [0.2, 0.25) is 0 Å². The fraction of sp³-hybridized carbons (Fsp3) is 0.438. The van der Waals surface area contributed by atoms with Crippen LogP contribution in [0, 0.1) is 13.8 Å². The Bertz CT molecular complexity index is 638. The number of aromatic amines is 1. The van der Waals surface area contributed by atoms with Gasteiger partial charge in [0.15, 0.2) is 5.78 Å². The highest BCUT2D eigenvalue weighted by atomic mass is 16.1. The van der Waals surface area contributed by atoms with Crippen LogP contribution in [0.25, 0.3) is 10.9 Å². The normalized spacial score (nSPS) is 16.7. The molecule has 0 unspecified atom stereocenters. The molecule has 1 aliphatic heterocycles. The molecule has 1 aromatic carbocycles. The smallest absolute Gasteiger partial charge is 0.179 e. The highest BCUT2D eigenvalue weighted by molar-refractivity contribution is 6.10. The summed E-state index contributed by atoms with van der Waals surface area (Å²) in [5.41, 5.74) is 4.08. The maximum Gasteiger partial charge on any atom is 0.179 e. The Labute approximate surface area is 119 Å². The number of fused-ring (bicyclic) bond motifs is 1. The summed E-state index contributed by atoms with van der Waals surface area (Å²) >= 11 is 0. The Morgan fingerprint density at radius 2 is 2.00 bits per heavy atom. The number of rotatable bonds is 3.